The molecule has 6 heteroatoms. The van der Waals surface area contributed by atoms with Gasteiger partial charge in [-0.3, -0.25) is 9.00 Å². The summed E-state index contributed by atoms with van der Waals surface area (Å²) in [6.07, 6.45) is 0.679. The van der Waals surface area contributed by atoms with Crippen LogP contribution in [0, 0.1) is 0 Å². The van der Waals surface area contributed by atoms with Crippen LogP contribution in [0.15, 0.2) is 0 Å². The molecular weight excluding hydrogens is 216 g/mol. The fourth-order valence-corrected chi connectivity index (χ4v) is 2.05. The number of carbonyl (C=O) groups is 1. The first-order valence-corrected chi connectivity index (χ1v) is 6.41. The van der Waals surface area contributed by atoms with E-state index in [-0.39, 0.29) is 17.7 Å². The number of nitrogens with one attached hydrogen (secondary N) is 1. The third-order valence-corrected chi connectivity index (χ3v) is 3.00. The van der Waals surface area contributed by atoms with Crippen LogP contribution in [0.1, 0.15) is 13.3 Å². The lowest BCUT2D eigenvalue weighted by atomic mass is 10.3. The molecule has 0 spiro atoms. The molecule has 2 atom stereocenters. The van der Waals surface area contributed by atoms with Gasteiger partial charge in [-0.25, -0.2) is 0 Å². The Bertz CT molecular complexity index is 210. The highest BCUT2D eigenvalue weighted by Gasteiger charge is 2.07. The Balaban J connectivity index is 3.53. The van der Waals surface area contributed by atoms with E-state index in [1.165, 1.54) is 0 Å². The van der Waals surface area contributed by atoms with Crippen LogP contribution in [0.5, 0.6) is 0 Å². The Kier molecular flexibility index (Phi) is 8.55. The van der Waals surface area contributed by atoms with E-state index in [0.717, 1.165) is 0 Å². The van der Waals surface area contributed by atoms with Crippen molar-refractivity contribution in [2.45, 2.75) is 19.4 Å². The summed E-state index contributed by atoms with van der Waals surface area (Å²) in [5.74, 6) is 0.335. The van der Waals surface area contributed by atoms with Gasteiger partial charge in [-0.05, 0) is 13.3 Å². The summed E-state index contributed by atoms with van der Waals surface area (Å²) in [5.41, 5.74) is 5.52. The summed E-state index contributed by atoms with van der Waals surface area (Å²) in [7, 11) is 0.453. The number of hydrogen-bond acceptors (Lipinski definition) is 4. The number of nitrogens with two attached hydrogens (primary N) is 1. The molecular formula is C9H20N2O3S. The van der Waals surface area contributed by atoms with Crippen molar-refractivity contribution in [2.24, 2.45) is 5.73 Å². The molecule has 15 heavy (non-hydrogen) atoms. The average molecular weight is 236 g/mol. The molecule has 0 aliphatic rings. The number of hydrogen-bond donors (Lipinski definition) is 2. The van der Waals surface area contributed by atoms with Crippen molar-refractivity contribution in [1.29, 1.82) is 0 Å². The molecule has 0 saturated heterocycles. The summed E-state index contributed by atoms with van der Waals surface area (Å²) >= 11 is 0. The maximum atomic E-state index is 11.4. The molecule has 0 fully saturated rings. The van der Waals surface area contributed by atoms with E-state index in [1.807, 2.05) is 6.92 Å². The third kappa shape index (κ3) is 9.84. The summed E-state index contributed by atoms with van der Waals surface area (Å²) in [4.78, 5) is 11.2. The number of ether oxygens (including phenoxy) is 1. The second kappa shape index (κ2) is 8.82. The summed E-state index contributed by atoms with van der Waals surface area (Å²) in [5, 5.41) is 2.61. The smallest absolute Gasteiger partial charge is 0.232 e. The van der Waals surface area contributed by atoms with Gasteiger partial charge in [0.2, 0.25) is 5.91 Å². The number of rotatable bonds is 8. The van der Waals surface area contributed by atoms with Gasteiger partial charge in [-0.1, -0.05) is 0 Å². The first-order chi connectivity index (χ1) is 7.06. The predicted octanol–water partition coefficient (Wildman–Crippen LogP) is -0.765. The lowest BCUT2D eigenvalue weighted by Gasteiger charge is -2.06. The van der Waals surface area contributed by atoms with Gasteiger partial charge in [0.25, 0.3) is 0 Å². The summed E-state index contributed by atoms with van der Waals surface area (Å²) in [6, 6.07) is 0.0329. The maximum absolute atomic E-state index is 11.4. The molecule has 0 saturated carbocycles. The van der Waals surface area contributed by atoms with Crippen molar-refractivity contribution < 1.29 is 13.7 Å². The van der Waals surface area contributed by atoms with Gasteiger partial charge in [0.1, 0.15) is 5.75 Å². The highest BCUT2D eigenvalue weighted by Crippen LogP contribution is 1.91. The van der Waals surface area contributed by atoms with E-state index in [0.29, 0.717) is 25.3 Å². The van der Waals surface area contributed by atoms with Crippen molar-refractivity contribution in [2.75, 3.05) is 31.8 Å². The van der Waals surface area contributed by atoms with Crippen molar-refractivity contribution in [1.82, 2.24) is 5.32 Å². The quantitative estimate of drug-likeness (QED) is 0.543. The number of amides is 1. The Morgan fingerprint density at radius 1 is 1.60 bits per heavy atom. The Labute approximate surface area is 93.2 Å². The van der Waals surface area contributed by atoms with E-state index in [1.54, 1.807) is 7.11 Å². The van der Waals surface area contributed by atoms with E-state index >= 15 is 0 Å². The molecule has 0 aromatic carbocycles. The van der Waals surface area contributed by atoms with E-state index in [4.69, 9.17) is 10.5 Å². The standard InChI is InChI=1S/C9H20N2O3S/c1-8(10)3-6-15(13)7-9(12)11-4-5-14-2/h8H,3-7,10H2,1-2H3,(H,11,12). The topological polar surface area (TPSA) is 81.4 Å². The van der Waals surface area contributed by atoms with E-state index in [9.17, 15) is 9.00 Å². The van der Waals surface area contributed by atoms with Crippen molar-refractivity contribution >= 4 is 16.7 Å². The largest absolute Gasteiger partial charge is 0.383 e. The lowest BCUT2D eigenvalue weighted by Crippen LogP contribution is -2.32. The molecule has 2 unspecified atom stereocenters. The van der Waals surface area contributed by atoms with Crippen molar-refractivity contribution in [3.05, 3.63) is 0 Å². The molecule has 0 aliphatic heterocycles. The third-order valence-electron chi connectivity index (χ3n) is 1.72. The molecule has 0 aromatic rings. The first kappa shape index (κ1) is 14.5. The van der Waals surface area contributed by atoms with Gasteiger partial charge in [0.15, 0.2) is 0 Å². The van der Waals surface area contributed by atoms with Crippen LogP contribution < -0.4 is 11.1 Å². The second-order valence-corrected chi connectivity index (χ2v) is 4.97. The molecule has 0 rings (SSSR count). The van der Waals surface area contributed by atoms with Crippen LogP contribution in [0.4, 0.5) is 0 Å². The molecule has 0 radical (unpaired) electrons. The fraction of sp³-hybridized carbons (Fsp3) is 0.889. The van der Waals surface area contributed by atoms with E-state index < -0.39 is 10.8 Å². The van der Waals surface area contributed by atoms with Crippen LogP contribution in [-0.4, -0.2) is 47.9 Å². The highest BCUT2D eigenvalue weighted by atomic mass is 32.2. The zero-order valence-corrected chi connectivity index (χ0v) is 10.1. The first-order valence-electron chi connectivity index (χ1n) is 4.92. The summed E-state index contributed by atoms with van der Waals surface area (Å²) < 4.78 is 16.1. The molecule has 1 amide bonds. The molecule has 0 aliphatic carbocycles. The molecule has 0 bridgehead atoms. The number of methoxy groups -OCH3 is 1. The van der Waals surface area contributed by atoms with Crippen molar-refractivity contribution in [3.63, 3.8) is 0 Å². The molecule has 5 nitrogen and oxygen atoms in total. The van der Waals surface area contributed by atoms with Crippen LogP contribution in [-0.2, 0) is 20.3 Å². The molecule has 90 valence electrons. The van der Waals surface area contributed by atoms with Crippen LogP contribution in [0.3, 0.4) is 0 Å². The number of carbonyl (C=O) groups excluding carboxylic acids is 1. The SMILES string of the molecule is COCCNC(=O)CS(=O)CCC(C)N. The zero-order valence-electron chi connectivity index (χ0n) is 9.32. The van der Waals surface area contributed by atoms with Crippen molar-refractivity contribution in [3.8, 4) is 0 Å². The van der Waals surface area contributed by atoms with Gasteiger partial charge in [0.05, 0.1) is 6.61 Å². The maximum Gasteiger partial charge on any atom is 0.232 e. The van der Waals surface area contributed by atoms with Gasteiger partial charge >= 0.3 is 0 Å². The Hall–Kier alpha value is -0.460. The second-order valence-electron chi connectivity index (χ2n) is 3.40. The predicted molar refractivity (Wildman–Crippen MR) is 61.0 cm³/mol. The lowest BCUT2D eigenvalue weighted by molar-refractivity contribution is -0.118. The normalized spacial score (nSPS) is 14.6. The minimum Gasteiger partial charge on any atom is -0.383 e. The zero-order chi connectivity index (χ0) is 11.7. The van der Waals surface area contributed by atoms with Gasteiger partial charge in [-0.15, -0.1) is 0 Å². The Morgan fingerprint density at radius 3 is 2.80 bits per heavy atom. The van der Waals surface area contributed by atoms with Crippen LogP contribution in [0.2, 0.25) is 0 Å². The van der Waals surface area contributed by atoms with Crippen LogP contribution in [0.25, 0.3) is 0 Å². The van der Waals surface area contributed by atoms with Gasteiger partial charge in [0, 0.05) is 36.2 Å². The van der Waals surface area contributed by atoms with E-state index in [2.05, 4.69) is 5.32 Å². The summed E-state index contributed by atoms with van der Waals surface area (Å²) in [6.45, 7) is 2.79. The van der Waals surface area contributed by atoms with Gasteiger partial charge < -0.3 is 15.8 Å². The van der Waals surface area contributed by atoms with Crippen LogP contribution >= 0.6 is 0 Å². The van der Waals surface area contributed by atoms with Gasteiger partial charge in [-0.2, -0.15) is 0 Å². The highest BCUT2D eigenvalue weighted by molar-refractivity contribution is 7.85. The molecule has 3 N–H and O–H groups in total. The molecule has 0 heterocycles. The minimum atomic E-state index is -1.11. The monoisotopic (exact) mass is 236 g/mol. The fourth-order valence-electron chi connectivity index (χ4n) is 0.879. The molecule has 0 aromatic heterocycles. The minimum absolute atomic E-state index is 0.0329. The average Bonchev–Trinajstić information content (AvgIpc) is 2.15. The Morgan fingerprint density at radius 2 is 2.27 bits per heavy atom.